The third-order valence-electron chi connectivity index (χ3n) is 4.05. The van der Waals surface area contributed by atoms with Crippen molar-refractivity contribution >= 4 is 29.9 Å². The minimum Gasteiger partial charge on any atom is -0.490 e. The van der Waals surface area contributed by atoms with Crippen LogP contribution in [0.4, 0.5) is 0 Å². The monoisotopic (exact) mass is 472 g/mol. The fraction of sp³-hybridized carbons (Fsp3) is 0.471. The molecule has 0 unspecified atom stereocenters. The number of halogens is 1. The van der Waals surface area contributed by atoms with Crippen LogP contribution in [0.1, 0.15) is 5.69 Å². The first-order valence-corrected chi connectivity index (χ1v) is 8.45. The molecule has 2 aromatic heterocycles. The molecule has 26 heavy (non-hydrogen) atoms. The fourth-order valence-electron chi connectivity index (χ4n) is 2.76. The number of hydrogen-bond acceptors (Lipinski definition) is 6. The van der Waals surface area contributed by atoms with Crippen LogP contribution in [-0.4, -0.2) is 72.3 Å². The number of ether oxygens (including phenoxy) is 1. The third-order valence-corrected chi connectivity index (χ3v) is 4.05. The molecule has 0 atom stereocenters. The van der Waals surface area contributed by atoms with Crippen LogP contribution in [0.25, 0.3) is 0 Å². The minimum absolute atomic E-state index is 0. The van der Waals surface area contributed by atoms with Gasteiger partial charge < -0.3 is 19.5 Å². The molecule has 0 aliphatic carbocycles. The molecule has 0 aromatic carbocycles. The zero-order valence-electron chi connectivity index (χ0n) is 14.9. The quantitative estimate of drug-likeness (QED) is 0.295. The Labute approximate surface area is 170 Å². The molecule has 1 aliphatic heterocycles. The highest BCUT2D eigenvalue weighted by Gasteiger charge is 2.20. The summed E-state index contributed by atoms with van der Waals surface area (Å²) in [4.78, 5) is 13.0. The second-order valence-corrected chi connectivity index (χ2v) is 5.77. The number of nitrogens with zero attached hydrogens (tertiary/aromatic N) is 5. The maximum atomic E-state index is 5.64. The molecule has 142 valence electrons. The maximum Gasteiger partial charge on any atom is 0.193 e. The first-order valence-electron chi connectivity index (χ1n) is 8.45. The van der Waals surface area contributed by atoms with Gasteiger partial charge in [0.15, 0.2) is 5.96 Å². The van der Waals surface area contributed by atoms with Gasteiger partial charge in [0, 0.05) is 52.0 Å². The molecule has 0 saturated carbocycles. The molecule has 0 radical (unpaired) electrons. The molecule has 0 spiro atoms. The standard InChI is InChI=1S/C17H24N6O2.HI/c1-18-17(20-6-12-24-16-3-2-5-19-13-16)23-9-7-22(8-10-23)14-15-4-11-25-21-15;/h2-5,11,13H,6-10,12,14H2,1H3,(H,18,20);1H. The van der Waals surface area contributed by atoms with Crippen molar-refractivity contribution in [2.45, 2.75) is 6.54 Å². The van der Waals surface area contributed by atoms with Gasteiger partial charge >= 0.3 is 0 Å². The Balaban J connectivity index is 0.00000243. The van der Waals surface area contributed by atoms with E-state index < -0.39 is 0 Å². The van der Waals surface area contributed by atoms with Gasteiger partial charge in [-0.2, -0.15) is 0 Å². The van der Waals surface area contributed by atoms with Crippen LogP contribution in [-0.2, 0) is 6.54 Å². The summed E-state index contributed by atoms with van der Waals surface area (Å²) in [5, 5.41) is 7.33. The summed E-state index contributed by atoms with van der Waals surface area (Å²) in [7, 11) is 1.81. The van der Waals surface area contributed by atoms with E-state index in [-0.39, 0.29) is 24.0 Å². The van der Waals surface area contributed by atoms with E-state index >= 15 is 0 Å². The number of guanidine groups is 1. The predicted molar refractivity (Wildman–Crippen MR) is 110 cm³/mol. The molecule has 2 aromatic rings. The molecule has 9 heteroatoms. The van der Waals surface area contributed by atoms with Gasteiger partial charge in [-0.3, -0.25) is 14.9 Å². The van der Waals surface area contributed by atoms with Crippen molar-refractivity contribution in [1.82, 2.24) is 25.3 Å². The molecule has 0 bridgehead atoms. The summed E-state index contributed by atoms with van der Waals surface area (Å²) in [5.41, 5.74) is 0.975. The van der Waals surface area contributed by atoms with Crippen LogP contribution < -0.4 is 10.1 Å². The normalized spacial score (nSPS) is 15.4. The maximum absolute atomic E-state index is 5.64. The van der Waals surface area contributed by atoms with E-state index in [1.165, 1.54) is 0 Å². The number of aliphatic imine (C=N–C) groups is 1. The largest absolute Gasteiger partial charge is 0.490 e. The number of hydrogen-bond donors (Lipinski definition) is 1. The van der Waals surface area contributed by atoms with Crippen LogP contribution in [0.2, 0.25) is 0 Å². The SMILES string of the molecule is CN=C(NCCOc1cccnc1)N1CCN(Cc2ccon2)CC1.I. The van der Waals surface area contributed by atoms with Crippen LogP contribution in [0.3, 0.4) is 0 Å². The van der Waals surface area contributed by atoms with Crippen molar-refractivity contribution in [2.24, 2.45) is 4.99 Å². The molecular weight excluding hydrogens is 447 g/mol. The van der Waals surface area contributed by atoms with E-state index in [1.807, 2.05) is 25.2 Å². The lowest BCUT2D eigenvalue weighted by Crippen LogP contribution is -2.52. The Morgan fingerprint density at radius 2 is 2.15 bits per heavy atom. The highest BCUT2D eigenvalue weighted by atomic mass is 127. The lowest BCUT2D eigenvalue weighted by molar-refractivity contribution is 0.168. The lowest BCUT2D eigenvalue weighted by Gasteiger charge is -2.36. The first kappa shape index (κ1) is 20.4. The Morgan fingerprint density at radius 3 is 2.81 bits per heavy atom. The van der Waals surface area contributed by atoms with Crippen LogP contribution >= 0.6 is 24.0 Å². The van der Waals surface area contributed by atoms with Gasteiger partial charge in [-0.05, 0) is 12.1 Å². The zero-order valence-corrected chi connectivity index (χ0v) is 17.2. The Morgan fingerprint density at radius 1 is 1.31 bits per heavy atom. The van der Waals surface area contributed by atoms with Crippen LogP contribution in [0, 0.1) is 0 Å². The van der Waals surface area contributed by atoms with Gasteiger partial charge in [0.1, 0.15) is 18.6 Å². The summed E-state index contributed by atoms with van der Waals surface area (Å²) < 4.78 is 10.5. The van der Waals surface area contributed by atoms with E-state index in [0.29, 0.717) is 13.2 Å². The number of pyridine rings is 1. The van der Waals surface area contributed by atoms with E-state index in [1.54, 1.807) is 18.7 Å². The molecular formula is C17H25IN6O2. The minimum atomic E-state index is 0. The zero-order chi connectivity index (χ0) is 17.3. The number of nitrogens with one attached hydrogen (secondary N) is 1. The van der Waals surface area contributed by atoms with Crippen molar-refractivity contribution in [3.05, 3.63) is 42.5 Å². The molecule has 3 rings (SSSR count). The predicted octanol–water partition coefficient (Wildman–Crippen LogP) is 1.46. The van der Waals surface area contributed by atoms with Gasteiger partial charge in [0.2, 0.25) is 0 Å². The highest BCUT2D eigenvalue weighted by Crippen LogP contribution is 2.07. The first-order chi connectivity index (χ1) is 12.3. The average Bonchev–Trinajstić information content (AvgIpc) is 3.17. The third kappa shape index (κ3) is 6.13. The van der Waals surface area contributed by atoms with Crippen LogP contribution in [0.15, 0.2) is 46.4 Å². The second kappa shape index (κ2) is 11.0. The highest BCUT2D eigenvalue weighted by molar-refractivity contribution is 14.0. The molecule has 1 saturated heterocycles. The Kier molecular flexibility index (Phi) is 8.62. The number of aromatic nitrogens is 2. The molecule has 1 N–H and O–H groups in total. The Hall–Kier alpha value is -1.88. The summed E-state index contributed by atoms with van der Waals surface area (Å²) in [6.07, 6.45) is 5.06. The summed E-state index contributed by atoms with van der Waals surface area (Å²) in [6.45, 7) is 5.90. The topological polar surface area (TPSA) is 79.0 Å². The van der Waals surface area contributed by atoms with Gasteiger partial charge in [0.25, 0.3) is 0 Å². The Bertz CT molecular complexity index is 645. The van der Waals surface area contributed by atoms with E-state index in [9.17, 15) is 0 Å². The average molecular weight is 472 g/mol. The van der Waals surface area contributed by atoms with Gasteiger partial charge in [-0.15, -0.1) is 24.0 Å². The summed E-state index contributed by atoms with van der Waals surface area (Å²) in [5.74, 6) is 1.69. The molecule has 1 aliphatic rings. The second-order valence-electron chi connectivity index (χ2n) is 5.77. The summed E-state index contributed by atoms with van der Waals surface area (Å²) in [6, 6.07) is 5.67. The molecule has 0 amide bonds. The van der Waals surface area contributed by atoms with Crippen molar-refractivity contribution in [3.63, 3.8) is 0 Å². The number of piperazine rings is 1. The molecule has 1 fully saturated rings. The van der Waals surface area contributed by atoms with Crippen LogP contribution in [0.5, 0.6) is 5.75 Å². The van der Waals surface area contributed by atoms with Crippen molar-refractivity contribution < 1.29 is 9.26 Å². The van der Waals surface area contributed by atoms with Crippen molar-refractivity contribution in [3.8, 4) is 5.75 Å². The van der Waals surface area contributed by atoms with Crippen molar-refractivity contribution in [1.29, 1.82) is 0 Å². The van der Waals surface area contributed by atoms with E-state index in [4.69, 9.17) is 9.26 Å². The van der Waals surface area contributed by atoms with E-state index in [2.05, 4.69) is 30.2 Å². The smallest absolute Gasteiger partial charge is 0.193 e. The molecule has 3 heterocycles. The van der Waals surface area contributed by atoms with E-state index in [0.717, 1.165) is 50.1 Å². The van der Waals surface area contributed by atoms with Gasteiger partial charge in [0.05, 0.1) is 18.4 Å². The fourth-order valence-corrected chi connectivity index (χ4v) is 2.76. The van der Waals surface area contributed by atoms with Gasteiger partial charge in [-0.25, -0.2) is 0 Å². The molecule has 8 nitrogen and oxygen atoms in total. The lowest BCUT2D eigenvalue weighted by atomic mass is 10.3. The van der Waals surface area contributed by atoms with Gasteiger partial charge in [-0.1, -0.05) is 5.16 Å². The number of rotatable bonds is 6. The van der Waals surface area contributed by atoms with Crippen molar-refractivity contribution in [2.75, 3.05) is 46.4 Å². The summed E-state index contributed by atoms with van der Waals surface area (Å²) >= 11 is 0.